The van der Waals surface area contributed by atoms with E-state index in [0.717, 1.165) is 12.1 Å². The van der Waals surface area contributed by atoms with Crippen molar-refractivity contribution in [3.8, 4) is 17.2 Å². The van der Waals surface area contributed by atoms with Gasteiger partial charge in [-0.3, -0.25) is 9.52 Å². The second kappa shape index (κ2) is 9.14. The smallest absolute Gasteiger partial charge is 0.486 e. The highest BCUT2D eigenvalue weighted by Crippen LogP contribution is 2.32. The zero-order chi connectivity index (χ0) is 24.3. The van der Waals surface area contributed by atoms with Gasteiger partial charge in [0.25, 0.3) is 15.9 Å². The van der Waals surface area contributed by atoms with E-state index in [2.05, 4.69) is 14.8 Å². The normalized spacial score (nSPS) is 13.1. The number of sulfonamides is 1. The Balaban J connectivity index is 1.40. The van der Waals surface area contributed by atoms with Crippen molar-refractivity contribution in [3.63, 3.8) is 0 Å². The minimum atomic E-state index is -4.81. The minimum absolute atomic E-state index is 0.0171. The molecular formula is C22H17F3N2O6S. The number of halogens is 3. The number of alkyl halides is 3. The minimum Gasteiger partial charge on any atom is -0.486 e. The first-order chi connectivity index (χ1) is 16.1. The highest BCUT2D eigenvalue weighted by Gasteiger charge is 2.31. The van der Waals surface area contributed by atoms with Gasteiger partial charge in [-0.25, -0.2) is 8.42 Å². The number of anilines is 2. The van der Waals surface area contributed by atoms with Crippen LogP contribution in [0.15, 0.2) is 71.6 Å². The van der Waals surface area contributed by atoms with Crippen molar-refractivity contribution in [3.05, 3.63) is 72.3 Å². The molecule has 1 amide bonds. The van der Waals surface area contributed by atoms with Gasteiger partial charge in [0, 0.05) is 23.0 Å². The predicted octanol–water partition coefficient (Wildman–Crippen LogP) is 4.41. The van der Waals surface area contributed by atoms with Crippen LogP contribution in [-0.4, -0.2) is 33.9 Å². The summed E-state index contributed by atoms with van der Waals surface area (Å²) in [7, 11) is -3.92. The largest absolute Gasteiger partial charge is 0.573 e. The molecule has 8 nitrogen and oxygen atoms in total. The van der Waals surface area contributed by atoms with Gasteiger partial charge in [0.05, 0.1) is 4.90 Å². The number of amides is 1. The summed E-state index contributed by atoms with van der Waals surface area (Å²) in [5.74, 6) is -0.159. The van der Waals surface area contributed by atoms with Crippen LogP contribution in [0.5, 0.6) is 17.2 Å². The van der Waals surface area contributed by atoms with Crippen LogP contribution in [0, 0.1) is 0 Å². The van der Waals surface area contributed by atoms with E-state index in [0.29, 0.717) is 24.7 Å². The Morgan fingerprint density at radius 2 is 1.47 bits per heavy atom. The molecule has 3 aromatic rings. The second-order valence-electron chi connectivity index (χ2n) is 7.01. The molecule has 0 atom stereocenters. The van der Waals surface area contributed by atoms with Gasteiger partial charge >= 0.3 is 6.36 Å². The SMILES string of the molecule is O=C(Nc1ccc(OC(F)(F)F)cc1)c1ccc(NS(=O)(=O)c2ccc3c(c2)OCCO3)cc1. The lowest BCUT2D eigenvalue weighted by molar-refractivity contribution is -0.274. The van der Waals surface area contributed by atoms with Crippen LogP contribution in [0.2, 0.25) is 0 Å². The number of benzene rings is 3. The highest BCUT2D eigenvalue weighted by atomic mass is 32.2. The molecule has 3 aromatic carbocycles. The third-order valence-electron chi connectivity index (χ3n) is 4.57. The van der Waals surface area contributed by atoms with Crippen molar-refractivity contribution in [1.29, 1.82) is 0 Å². The number of hydrogen-bond acceptors (Lipinski definition) is 6. The van der Waals surface area contributed by atoms with Crippen LogP contribution < -0.4 is 24.2 Å². The highest BCUT2D eigenvalue weighted by molar-refractivity contribution is 7.92. The summed E-state index contributed by atoms with van der Waals surface area (Å²) in [6.07, 6.45) is -4.81. The molecule has 0 spiro atoms. The third kappa shape index (κ3) is 5.70. The van der Waals surface area contributed by atoms with E-state index >= 15 is 0 Å². The first kappa shape index (κ1) is 23.2. The molecular weight excluding hydrogens is 477 g/mol. The molecule has 0 saturated carbocycles. The van der Waals surface area contributed by atoms with E-state index in [1.165, 1.54) is 54.6 Å². The average Bonchev–Trinajstić information content (AvgIpc) is 2.79. The molecule has 0 radical (unpaired) electrons. The van der Waals surface area contributed by atoms with Crippen molar-refractivity contribution in [2.75, 3.05) is 23.3 Å². The number of ether oxygens (including phenoxy) is 3. The number of rotatable bonds is 6. The number of carbonyl (C=O) groups is 1. The lowest BCUT2D eigenvalue weighted by Crippen LogP contribution is -2.17. The monoisotopic (exact) mass is 494 g/mol. The molecule has 2 N–H and O–H groups in total. The molecule has 0 unspecified atom stereocenters. The zero-order valence-corrected chi connectivity index (χ0v) is 18.1. The Hall–Kier alpha value is -3.93. The Morgan fingerprint density at radius 1 is 0.853 bits per heavy atom. The van der Waals surface area contributed by atoms with Gasteiger partial charge in [0.2, 0.25) is 0 Å². The maximum atomic E-state index is 12.7. The summed E-state index contributed by atoms with van der Waals surface area (Å²) in [6.45, 7) is 0.702. The Kier molecular flexibility index (Phi) is 6.24. The Bertz CT molecular complexity index is 1290. The molecule has 0 aromatic heterocycles. The summed E-state index contributed by atoms with van der Waals surface area (Å²) >= 11 is 0. The van der Waals surface area contributed by atoms with Crippen molar-refractivity contribution in [2.45, 2.75) is 11.3 Å². The number of hydrogen-bond donors (Lipinski definition) is 2. The van der Waals surface area contributed by atoms with Crippen LogP contribution in [0.1, 0.15) is 10.4 Å². The van der Waals surface area contributed by atoms with Gasteiger partial charge in [-0.1, -0.05) is 0 Å². The summed E-state index contributed by atoms with van der Waals surface area (Å²) < 4.78 is 79.1. The van der Waals surface area contributed by atoms with Crippen molar-refractivity contribution in [1.82, 2.24) is 0 Å². The molecule has 0 fully saturated rings. The van der Waals surface area contributed by atoms with Gasteiger partial charge < -0.3 is 19.5 Å². The molecule has 1 heterocycles. The molecule has 1 aliphatic heterocycles. The van der Waals surface area contributed by atoms with Crippen LogP contribution in [0.3, 0.4) is 0 Å². The van der Waals surface area contributed by atoms with Crippen LogP contribution in [-0.2, 0) is 10.0 Å². The summed E-state index contributed by atoms with van der Waals surface area (Å²) in [5, 5.41) is 2.53. The fraction of sp³-hybridized carbons (Fsp3) is 0.136. The fourth-order valence-electron chi connectivity index (χ4n) is 3.04. The first-order valence-corrected chi connectivity index (χ1v) is 11.3. The van der Waals surface area contributed by atoms with Gasteiger partial charge in [-0.2, -0.15) is 0 Å². The van der Waals surface area contributed by atoms with Crippen molar-refractivity contribution >= 4 is 27.3 Å². The van der Waals surface area contributed by atoms with Crippen LogP contribution >= 0.6 is 0 Å². The van der Waals surface area contributed by atoms with Crippen molar-refractivity contribution < 1.29 is 40.6 Å². The summed E-state index contributed by atoms with van der Waals surface area (Å²) in [4.78, 5) is 12.4. The maximum Gasteiger partial charge on any atom is 0.573 e. The van der Waals surface area contributed by atoms with E-state index in [9.17, 15) is 26.4 Å². The lowest BCUT2D eigenvalue weighted by Gasteiger charge is -2.19. The van der Waals surface area contributed by atoms with Gasteiger partial charge in [-0.05, 0) is 60.7 Å². The molecule has 0 bridgehead atoms. The van der Waals surface area contributed by atoms with Gasteiger partial charge in [-0.15, -0.1) is 13.2 Å². The quantitative estimate of drug-likeness (QED) is 0.526. The van der Waals surface area contributed by atoms with E-state index in [1.54, 1.807) is 0 Å². The topological polar surface area (TPSA) is 103 Å². The van der Waals surface area contributed by atoms with Crippen LogP contribution in [0.25, 0.3) is 0 Å². The van der Waals surface area contributed by atoms with E-state index in [-0.39, 0.29) is 21.8 Å². The van der Waals surface area contributed by atoms with Crippen molar-refractivity contribution in [2.24, 2.45) is 0 Å². The average molecular weight is 494 g/mol. The third-order valence-corrected chi connectivity index (χ3v) is 5.95. The van der Waals surface area contributed by atoms with Gasteiger partial charge in [0.15, 0.2) is 11.5 Å². The fourth-order valence-corrected chi connectivity index (χ4v) is 4.11. The zero-order valence-electron chi connectivity index (χ0n) is 17.3. The molecule has 0 aliphatic carbocycles. The molecule has 0 saturated heterocycles. The summed E-state index contributed by atoms with van der Waals surface area (Å²) in [5.41, 5.74) is 0.681. The van der Waals surface area contributed by atoms with Gasteiger partial charge in [0.1, 0.15) is 19.0 Å². The summed E-state index contributed by atoms with van der Waals surface area (Å²) in [6, 6.07) is 14.5. The maximum absolute atomic E-state index is 12.7. The number of fused-ring (bicyclic) bond motifs is 1. The number of carbonyl (C=O) groups excluding carboxylic acids is 1. The molecule has 12 heteroatoms. The second-order valence-corrected chi connectivity index (χ2v) is 8.70. The molecule has 1 aliphatic rings. The van der Waals surface area contributed by atoms with E-state index < -0.39 is 28.0 Å². The van der Waals surface area contributed by atoms with Crippen LogP contribution in [0.4, 0.5) is 24.5 Å². The Morgan fingerprint density at radius 3 is 2.12 bits per heavy atom. The number of nitrogens with one attached hydrogen (secondary N) is 2. The molecule has 178 valence electrons. The predicted molar refractivity (Wildman–Crippen MR) is 116 cm³/mol. The van der Waals surface area contributed by atoms with E-state index in [1.807, 2.05) is 0 Å². The molecule has 34 heavy (non-hydrogen) atoms. The van der Waals surface area contributed by atoms with E-state index in [4.69, 9.17) is 9.47 Å². The standard InChI is InChI=1S/C22H17F3N2O6S/c23-22(24,25)33-17-7-5-15(6-8-17)26-21(28)14-1-3-16(4-2-14)27-34(29,30)18-9-10-19-20(13-18)32-12-11-31-19/h1-10,13,27H,11-12H2,(H,26,28). The lowest BCUT2D eigenvalue weighted by atomic mass is 10.2. The molecule has 4 rings (SSSR count). The Labute approximate surface area is 192 Å². The first-order valence-electron chi connectivity index (χ1n) is 9.79.